The van der Waals surface area contributed by atoms with Crippen molar-refractivity contribution in [2.45, 2.75) is 48.9 Å². The van der Waals surface area contributed by atoms with Gasteiger partial charge in [0, 0.05) is 15.5 Å². The number of urea groups is 1. The molecule has 4 amide bonds. The molecule has 156 valence electrons. The first-order valence-electron chi connectivity index (χ1n) is 10.1. The van der Waals surface area contributed by atoms with Crippen LogP contribution in [0.1, 0.15) is 30.9 Å². The zero-order chi connectivity index (χ0) is 21.5. The van der Waals surface area contributed by atoms with E-state index >= 15 is 0 Å². The Kier molecular flexibility index (Phi) is 5.32. The van der Waals surface area contributed by atoms with Crippen molar-refractivity contribution >= 4 is 35.3 Å². The molecule has 2 aromatic rings. The van der Waals surface area contributed by atoms with E-state index < -0.39 is 17.5 Å². The second-order valence-electron chi connectivity index (χ2n) is 8.24. The molecule has 2 aromatic carbocycles. The molecule has 1 saturated carbocycles. The van der Waals surface area contributed by atoms with Crippen LogP contribution in [0.2, 0.25) is 0 Å². The minimum Gasteiger partial charge on any atom is -0.325 e. The third-order valence-corrected chi connectivity index (χ3v) is 6.87. The summed E-state index contributed by atoms with van der Waals surface area (Å²) in [5, 5.41) is 5.53. The van der Waals surface area contributed by atoms with Gasteiger partial charge in [0.1, 0.15) is 12.1 Å². The number of hydrogen-bond donors (Lipinski definition) is 2. The molecule has 30 heavy (non-hydrogen) atoms. The van der Waals surface area contributed by atoms with Gasteiger partial charge in [0.25, 0.3) is 5.91 Å². The number of imide groups is 1. The lowest BCUT2D eigenvalue weighted by molar-refractivity contribution is -0.134. The minimum absolute atomic E-state index is 0.170. The Morgan fingerprint density at radius 2 is 1.87 bits per heavy atom. The molecular weight excluding hydrogens is 398 g/mol. The van der Waals surface area contributed by atoms with Gasteiger partial charge in [-0.1, -0.05) is 23.9 Å². The van der Waals surface area contributed by atoms with Crippen molar-refractivity contribution in [3.63, 3.8) is 0 Å². The first-order valence-corrected chi connectivity index (χ1v) is 10.9. The van der Waals surface area contributed by atoms with Gasteiger partial charge in [-0.3, -0.25) is 14.5 Å². The second-order valence-corrected chi connectivity index (χ2v) is 9.36. The molecule has 1 saturated heterocycles. The van der Waals surface area contributed by atoms with Gasteiger partial charge in [0.15, 0.2) is 0 Å². The maximum atomic E-state index is 12.6. The van der Waals surface area contributed by atoms with Crippen molar-refractivity contribution in [2.24, 2.45) is 5.92 Å². The Morgan fingerprint density at radius 3 is 2.53 bits per heavy atom. The number of benzene rings is 2. The largest absolute Gasteiger partial charge is 0.325 e. The van der Waals surface area contributed by atoms with Crippen molar-refractivity contribution in [1.82, 2.24) is 10.2 Å². The van der Waals surface area contributed by atoms with Crippen LogP contribution in [0.3, 0.4) is 0 Å². The molecular formula is C23H25N3O3S. The molecule has 1 atom stereocenters. The number of nitrogens with one attached hydrogen (secondary N) is 2. The number of hydrogen-bond acceptors (Lipinski definition) is 4. The number of anilines is 1. The molecule has 0 radical (unpaired) electrons. The van der Waals surface area contributed by atoms with Gasteiger partial charge in [-0.25, -0.2) is 4.79 Å². The minimum atomic E-state index is -0.871. The summed E-state index contributed by atoms with van der Waals surface area (Å²) in [4.78, 5) is 40.5. The normalized spacial score (nSPS) is 21.0. The number of amides is 4. The van der Waals surface area contributed by atoms with Gasteiger partial charge in [0.05, 0.1) is 0 Å². The fourth-order valence-corrected chi connectivity index (χ4v) is 4.69. The molecule has 1 heterocycles. The van der Waals surface area contributed by atoms with Crippen molar-refractivity contribution in [1.29, 1.82) is 0 Å². The topological polar surface area (TPSA) is 78.5 Å². The third-order valence-electron chi connectivity index (χ3n) is 5.71. The highest BCUT2D eigenvalue weighted by atomic mass is 32.2. The quantitative estimate of drug-likeness (QED) is 0.686. The highest BCUT2D eigenvalue weighted by Gasteiger charge is 2.56. The van der Waals surface area contributed by atoms with Gasteiger partial charge < -0.3 is 10.6 Å². The summed E-state index contributed by atoms with van der Waals surface area (Å²) in [6, 6.07) is 13.4. The van der Waals surface area contributed by atoms with E-state index in [4.69, 9.17) is 0 Å². The molecule has 4 rings (SSSR count). The van der Waals surface area contributed by atoms with Crippen LogP contribution in [0.5, 0.6) is 0 Å². The first-order chi connectivity index (χ1) is 14.3. The summed E-state index contributed by atoms with van der Waals surface area (Å²) in [6.45, 7) is 5.61. The van der Waals surface area contributed by atoms with Crippen LogP contribution >= 0.6 is 11.8 Å². The van der Waals surface area contributed by atoms with Crippen molar-refractivity contribution in [3.8, 4) is 0 Å². The van der Waals surface area contributed by atoms with Crippen molar-refractivity contribution in [2.75, 3.05) is 11.9 Å². The van der Waals surface area contributed by atoms with Crippen LogP contribution in [-0.2, 0) is 9.59 Å². The van der Waals surface area contributed by atoms with Crippen LogP contribution in [0.25, 0.3) is 0 Å². The summed E-state index contributed by atoms with van der Waals surface area (Å²) in [7, 11) is 0. The van der Waals surface area contributed by atoms with Gasteiger partial charge >= 0.3 is 6.03 Å². The lowest BCUT2D eigenvalue weighted by Crippen LogP contribution is -2.46. The van der Waals surface area contributed by atoms with Gasteiger partial charge in [0.2, 0.25) is 5.91 Å². The van der Waals surface area contributed by atoms with E-state index in [9.17, 15) is 14.4 Å². The number of carbonyl (C=O) groups is 3. The molecule has 7 heteroatoms. The SMILES string of the molecule is Cc1ccc(C)c(Sc2ccc(NC(=O)CN3C(=O)N[C@](C)(C4CC4)C3=O)cc2)c1. The first kappa shape index (κ1) is 20.5. The summed E-state index contributed by atoms with van der Waals surface area (Å²) in [5.41, 5.74) is 2.19. The Morgan fingerprint density at radius 1 is 1.17 bits per heavy atom. The molecule has 2 fully saturated rings. The van der Waals surface area contributed by atoms with Crippen LogP contribution in [0.4, 0.5) is 10.5 Å². The Bertz CT molecular complexity index is 1020. The fraction of sp³-hybridized carbons (Fsp3) is 0.348. The van der Waals surface area contributed by atoms with Gasteiger partial charge in [-0.2, -0.15) is 0 Å². The summed E-state index contributed by atoms with van der Waals surface area (Å²) in [6.07, 6.45) is 1.85. The predicted molar refractivity (Wildman–Crippen MR) is 116 cm³/mol. The Hall–Kier alpha value is -2.80. The molecule has 2 N–H and O–H groups in total. The van der Waals surface area contributed by atoms with Crippen LogP contribution in [-0.4, -0.2) is 34.8 Å². The lowest BCUT2D eigenvalue weighted by atomic mass is 9.96. The van der Waals surface area contributed by atoms with Crippen LogP contribution in [0.15, 0.2) is 52.3 Å². The average Bonchev–Trinajstić information content (AvgIpc) is 3.52. The molecule has 0 bridgehead atoms. The molecule has 0 aromatic heterocycles. The molecule has 0 spiro atoms. The fourth-order valence-electron chi connectivity index (χ4n) is 3.69. The molecule has 1 aliphatic heterocycles. The third kappa shape index (κ3) is 4.07. The van der Waals surface area contributed by atoms with E-state index in [1.165, 1.54) is 16.0 Å². The van der Waals surface area contributed by atoms with Crippen molar-refractivity contribution < 1.29 is 14.4 Å². The van der Waals surface area contributed by atoms with E-state index in [1.807, 2.05) is 24.3 Å². The number of carbonyl (C=O) groups excluding carboxylic acids is 3. The second kappa shape index (κ2) is 7.80. The number of rotatable bonds is 6. The maximum Gasteiger partial charge on any atom is 0.325 e. The smallest absolute Gasteiger partial charge is 0.325 e. The lowest BCUT2D eigenvalue weighted by Gasteiger charge is -2.20. The van der Waals surface area contributed by atoms with E-state index in [-0.39, 0.29) is 18.4 Å². The molecule has 1 aliphatic carbocycles. The summed E-state index contributed by atoms with van der Waals surface area (Å²) < 4.78 is 0. The maximum absolute atomic E-state index is 12.6. The summed E-state index contributed by atoms with van der Waals surface area (Å²) in [5.74, 6) is -0.539. The van der Waals surface area contributed by atoms with E-state index in [2.05, 4.69) is 42.7 Å². The molecule has 6 nitrogen and oxygen atoms in total. The Balaban J connectivity index is 1.36. The molecule has 2 aliphatic rings. The van der Waals surface area contributed by atoms with Gasteiger partial charge in [-0.15, -0.1) is 0 Å². The van der Waals surface area contributed by atoms with E-state index in [1.54, 1.807) is 18.7 Å². The standard InChI is InChI=1S/C23H25N3O3S/c1-14-4-5-15(2)19(12-14)30-18-10-8-17(9-11-18)24-20(27)13-26-21(28)23(3,16-6-7-16)25-22(26)29/h4-5,8-12,16H,6-7,13H2,1-3H3,(H,24,27)(H,25,29)/t23-/m1/s1. The Labute approximate surface area is 180 Å². The highest BCUT2D eigenvalue weighted by Crippen LogP contribution is 2.42. The van der Waals surface area contributed by atoms with Crippen molar-refractivity contribution in [3.05, 3.63) is 53.6 Å². The summed E-state index contributed by atoms with van der Waals surface area (Å²) >= 11 is 1.67. The van der Waals surface area contributed by atoms with E-state index in [0.29, 0.717) is 5.69 Å². The van der Waals surface area contributed by atoms with Gasteiger partial charge in [-0.05, 0) is 81.0 Å². The zero-order valence-corrected chi connectivity index (χ0v) is 18.1. The van der Waals surface area contributed by atoms with Crippen LogP contribution in [0, 0.1) is 19.8 Å². The van der Waals surface area contributed by atoms with Crippen LogP contribution < -0.4 is 10.6 Å². The molecule has 0 unspecified atom stereocenters. The monoisotopic (exact) mass is 423 g/mol. The predicted octanol–water partition coefficient (Wildman–Crippen LogP) is 4.11. The average molecular weight is 424 g/mol. The van der Waals surface area contributed by atoms with E-state index in [0.717, 1.165) is 22.6 Å². The number of aryl methyl sites for hydroxylation is 2. The highest BCUT2D eigenvalue weighted by molar-refractivity contribution is 7.99. The number of nitrogens with zero attached hydrogens (tertiary/aromatic N) is 1. The zero-order valence-electron chi connectivity index (χ0n) is 17.3.